The van der Waals surface area contributed by atoms with Crippen LogP contribution in [0.25, 0.3) is 5.57 Å². The standard InChI is InChI=1S/C11H11FO2/c1-7-3-4-9(6-10(7)12)8(2)5-11(13)14/h3-6H,1-2H3,(H,13,14)/b8-5-. The van der Waals surface area contributed by atoms with E-state index in [0.29, 0.717) is 16.7 Å². The summed E-state index contributed by atoms with van der Waals surface area (Å²) in [5.41, 5.74) is 1.68. The Kier molecular flexibility index (Phi) is 3.02. The van der Waals surface area contributed by atoms with Gasteiger partial charge in [0.25, 0.3) is 0 Å². The van der Waals surface area contributed by atoms with Crippen LogP contribution in [0, 0.1) is 12.7 Å². The van der Waals surface area contributed by atoms with Gasteiger partial charge in [-0.3, -0.25) is 0 Å². The Hall–Kier alpha value is -1.64. The summed E-state index contributed by atoms with van der Waals surface area (Å²) in [6, 6.07) is 4.67. The molecule has 0 bridgehead atoms. The largest absolute Gasteiger partial charge is 0.478 e. The zero-order valence-corrected chi connectivity index (χ0v) is 8.04. The minimum Gasteiger partial charge on any atom is -0.478 e. The minimum absolute atomic E-state index is 0.319. The van der Waals surface area contributed by atoms with Gasteiger partial charge in [-0.25, -0.2) is 9.18 Å². The van der Waals surface area contributed by atoms with E-state index in [1.165, 1.54) is 6.07 Å². The van der Waals surface area contributed by atoms with Crippen LogP contribution in [0.4, 0.5) is 4.39 Å². The maximum Gasteiger partial charge on any atom is 0.328 e. The summed E-state index contributed by atoms with van der Waals surface area (Å²) in [6.45, 7) is 3.30. The fourth-order valence-corrected chi connectivity index (χ4v) is 1.11. The number of rotatable bonds is 2. The summed E-state index contributed by atoms with van der Waals surface area (Å²) in [5, 5.41) is 8.50. The van der Waals surface area contributed by atoms with Crippen LogP contribution in [0.3, 0.4) is 0 Å². The molecule has 2 nitrogen and oxygen atoms in total. The number of halogens is 1. The van der Waals surface area contributed by atoms with Gasteiger partial charge in [-0.1, -0.05) is 12.1 Å². The lowest BCUT2D eigenvalue weighted by molar-refractivity contribution is -0.131. The van der Waals surface area contributed by atoms with E-state index < -0.39 is 5.97 Å². The Bertz CT molecular complexity index is 394. The zero-order valence-electron chi connectivity index (χ0n) is 8.04. The molecule has 0 amide bonds. The van der Waals surface area contributed by atoms with Crippen molar-refractivity contribution in [2.45, 2.75) is 13.8 Å². The highest BCUT2D eigenvalue weighted by Crippen LogP contribution is 2.16. The summed E-state index contributed by atoms with van der Waals surface area (Å²) in [7, 11) is 0. The number of carbonyl (C=O) groups is 1. The molecule has 0 fully saturated rings. The highest BCUT2D eigenvalue weighted by atomic mass is 19.1. The number of aliphatic carboxylic acids is 1. The van der Waals surface area contributed by atoms with E-state index in [-0.39, 0.29) is 5.82 Å². The molecule has 0 aromatic heterocycles. The maximum atomic E-state index is 13.1. The third-order valence-electron chi connectivity index (χ3n) is 1.97. The van der Waals surface area contributed by atoms with Crippen LogP contribution in [0.5, 0.6) is 0 Å². The Balaban J connectivity index is 3.09. The van der Waals surface area contributed by atoms with E-state index in [0.717, 1.165) is 6.08 Å². The van der Waals surface area contributed by atoms with Crippen molar-refractivity contribution >= 4 is 11.5 Å². The lowest BCUT2D eigenvalue weighted by Crippen LogP contribution is -1.91. The van der Waals surface area contributed by atoms with Crippen molar-refractivity contribution in [3.05, 3.63) is 41.2 Å². The number of allylic oxidation sites excluding steroid dienone is 1. The van der Waals surface area contributed by atoms with E-state index in [2.05, 4.69) is 0 Å². The fraction of sp³-hybridized carbons (Fsp3) is 0.182. The van der Waals surface area contributed by atoms with E-state index in [4.69, 9.17) is 5.11 Å². The van der Waals surface area contributed by atoms with Gasteiger partial charge in [0.15, 0.2) is 0 Å². The number of carboxylic acid groups (broad SMARTS) is 1. The monoisotopic (exact) mass is 194 g/mol. The van der Waals surface area contributed by atoms with Gasteiger partial charge in [0.05, 0.1) is 0 Å². The summed E-state index contributed by atoms with van der Waals surface area (Å²) in [4.78, 5) is 10.4. The molecule has 0 saturated carbocycles. The average Bonchev–Trinajstić information content (AvgIpc) is 2.08. The summed E-state index contributed by atoms with van der Waals surface area (Å²) >= 11 is 0. The van der Waals surface area contributed by atoms with Crippen molar-refractivity contribution in [3.8, 4) is 0 Å². The summed E-state index contributed by atoms with van der Waals surface area (Å²) < 4.78 is 13.1. The van der Waals surface area contributed by atoms with Crippen molar-refractivity contribution in [3.63, 3.8) is 0 Å². The van der Waals surface area contributed by atoms with Crippen LogP contribution in [-0.4, -0.2) is 11.1 Å². The molecule has 0 aliphatic heterocycles. The van der Waals surface area contributed by atoms with Gasteiger partial charge in [0, 0.05) is 6.08 Å². The number of aryl methyl sites for hydroxylation is 1. The van der Waals surface area contributed by atoms with Gasteiger partial charge in [0.1, 0.15) is 5.82 Å². The smallest absolute Gasteiger partial charge is 0.328 e. The highest BCUT2D eigenvalue weighted by molar-refractivity contribution is 5.89. The topological polar surface area (TPSA) is 37.3 Å². The highest BCUT2D eigenvalue weighted by Gasteiger charge is 2.02. The molecular weight excluding hydrogens is 183 g/mol. The Morgan fingerprint density at radius 1 is 1.50 bits per heavy atom. The van der Waals surface area contributed by atoms with Crippen LogP contribution in [-0.2, 0) is 4.79 Å². The third-order valence-corrected chi connectivity index (χ3v) is 1.97. The summed E-state index contributed by atoms with van der Waals surface area (Å²) in [5.74, 6) is -1.34. The van der Waals surface area contributed by atoms with Gasteiger partial charge < -0.3 is 5.11 Å². The van der Waals surface area contributed by atoms with E-state index >= 15 is 0 Å². The number of hydrogen-bond donors (Lipinski definition) is 1. The molecule has 1 N–H and O–H groups in total. The van der Waals surface area contributed by atoms with E-state index in [9.17, 15) is 9.18 Å². The maximum absolute atomic E-state index is 13.1. The van der Waals surface area contributed by atoms with Crippen molar-refractivity contribution in [1.82, 2.24) is 0 Å². The predicted molar refractivity (Wildman–Crippen MR) is 52.4 cm³/mol. The predicted octanol–water partition coefficient (Wildman–Crippen LogP) is 2.62. The lowest BCUT2D eigenvalue weighted by atomic mass is 10.1. The molecule has 0 aliphatic carbocycles. The van der Waals surface area contributed by atoms with Crippen LogP contribution < -0.4 is 0 Å². The molecular formula is C11H11FO2. The second-order valence-corrected chi connectivity index (χ2v) is 3.13. The Morgan fingerprint density at radius 2 is 2.14 bits per heavy atom. The molecule has 0 heterocycles. The molecule has 0 saturated heterocycles. The summed E-state index contributed by atoms with van der Waals surface area (Å²) in [6.07, 6.45) is 1.06. The van der Waals surface area contributed by atoms with E-state index in [1.54, 1.807) is 26.0 Å². The Labute approximate surface area is 81.7 Å². The van der Waals surface area contributed by atoms with Crippen LogP contribution in [0.15, 0.2) is 24.3 Å². The van der Waals surface area contributed by atoms with Crippen LogP contribution in [0.2, 0.25) is 0 Å². The zero-order chi connectivity index (χ0) is 10.7. The molecule has 1 rings (SSSR count). The molecule has 0 radical (unpaired) electrons. The Morgan fingerprint density at radius 3 is 2.64 bits per heavy atom. The number of carboxylic acids is 1. The van der Waals surface area contributed by atoms with Crippen molar-refractivity contribution in [1.29, 1.82) is 0 Å². The van der Waals surface area contributed by atoms with Gasteiger partial charge >= 0.3 is 5.97 Å². The molecule has 74 valence electrons. The minimum atomic E-state index is -1.02. The van der Waals surface area contributed by atoms with Crippen molar-refractivity contribution < 1.29 is 14.3 Å². The first-order valence-corrected chi connectivity index (χ1v) is 4.18. The molecule has 3 heteroatoms. The normalized spacial score (nSPS) is 11.5. The SMILES string of the molecule is C/C(=C/C(=O)O)c1ccc(C)c(F)c1. The van der Waals surface area contributed by atoms with Gasteiger partial charge in [0.2, 0.25) is 0 Å². The molecule has 0 atom stereocenters. The van der Waals surface area contributed by atoms with Crippen molar-refractivity contribution in [2.24, 2.45) is 0 Å². The van der Waals surface area contributed by atoms with Crippen LogP contribution in [0.1, 0.15) is 18.1 Å². The number of hydrogen-bond acceptors (Lipinski definition) is 1. The fourth-order valence-electron chi connectivity index (χ4n) is 1.11. The molecule has 0 aliphatic rings. The van der Waals surface area contributed by atoms with Gasteiger partial charge in [-0.05, 0) is 36.6 Å². The molecule has 1 aromatic rings. The number of benzene rings is 1. The van der Waals surface area contributed by atoms with Crippen LogP contribution >= 0.6 is 0 Å². The first kappa shape index (κ1) is 10.4. The van der Waals surface area contributed by atoms with Crippen molar-refractivity contribution in [2.75, 3.05) is 0 Å². The van der Waals surface area contributed by atoms with E-state index in [1.807, 2.05) is 0 Å². The molecule has 0 spiro atoms. The van der Waals surface area contributed by atoms with Gasteiger partial charge in [-0.15, -0.1) is 0 Å². The molecule has 14 heavy (non-hydrogen) atoms. The molecule has 1 aromatic carbocycles. The average molecular weight is 194 g/mol. The quantitative estimate of drug-likeness (QED) is 0.735. The second-order valence-electron chi connectivity index (χ2n) is 3.13. The lowest BCUT2D eigenvalue weighted by Gasteiger charge is -2.02. The molecule has 0 unspecified atom stereocenters. The third kappa shape index (κ3) is 2.42. The first-order valence-electron chi connectivity index (χ1n) is 4.18. The second kappa shape index (κ2) is 4.05. The first-order chi connectivity index (χ1) is 6.50. The van der Waals surface area contributed by atoms with Gasteiger partial charge in [-0.2, -0.15) is 0 Å².